The number of fused-ring (bicyclic) bond motifs is 1. The molecule has 0 fully saturated rings. The number of halogens is 3. The zero-order valence-electron chi connectivity index (χ0n) is 11.4. The van der Waals surface area contributed by atoms with Crippen molar-refractivity contribution in [3.05, 3.63) is 42.0 Å². The van der Waals surface area contributed by atoms with Gasteiger partial charge in [0.05, 0.1) is 4.90 Å². The number of sulfonamides is 1. The van der Waals surface area contributed by atoms with Crippen LogP contribution in [0.4, 0.5) is 13.2 Å². The first-order chi connectivity index (χ1) is 9.63. The minimum absolute atomic E-state index is 0.153. The second-order valence-electron chi connectivity index (χ2n) is 4.81. The highest BCUT2D eigenvalue weighted by Gasteiger charge is 2.39. The van der Waals surface area contributed by atoms with E-state index in [-0.39, 0.29) is 4.90 Å². The number of rotatable bonds is 3. The second kappa shape index (κ2) is 5.31. The van der Waals surface area contributed by atoms with Crippen LogP contribution < -0.4 is 4.72 Å². The maximum absolute atomic E-state index is 12.5. The van der Waals surface area contributed by atoms with Crippen molar-refractivity contribution in [3.63, 3.8) is 0 Å². The van der Waals surface area contributed by atoms with E-state index in [0.29, 0.717) is 10.8 Å². The third kappa shape index (κ3) is 3.19. The smallest absolute Gasteiger partial charge is 0.207 e. The molecule has 0 aliphatic rings. The molecule has 0 heterocycles. The fraction of sp³-hybridized carbons (Fsp3) is 0.286. The first kappa shape index (κ1) is 15.8. The molecular weight excluding hydrogens is 303 g/mol. The molecule has 2 aromatic carbocycles. The van der Waals surface area contributed by atoms with Gasteiger partial charge in [-0.3, -0.25) is 0 Å². The van der Waals surface area contributed by atoms with Crippen molar-refractivity contribution in [2.75, 3.05) is 0 Å². The lowest BCUT2D eigenvalue weighted by molar-refractivity contribution is -0.147. The summed E-state index contributed by atoms with van der Waals surface area (Å²) >= 11 is 0. The molecular formula is C14H14F3NO2S. The Hall–Kier alpha value is -1.60. The van der Waals surface area contributed by atoms with Crippen LogP contribution in [0.25, 0.3) is 10.8 Å². The Morgan fingerprint density at radius 2 is 1.62 bits per heavy atom. The molecule has 7 heteroatoms. The Morgan fingerprint density at radius 1 is 1.05 bits per heavy atom. The Morgan fingerprint density at radius 3 is 2.19 bits per heavy atom. The molecule has 0 saturated carbocycles. The fourth-order valence-electron chi connectivity index (χ4n) is 2.02. The molecule has 0 aromatic heterocycles. The average Bonchev–Trinajstić information content (AvgIpc) is 2.37. The van der Waals surface area contributed by atoms with E-state index in [1.807, 2.05) is 6.92 Å². The molecule has 1 atom stereocenters. The summed E-state index contributed by atoms with van der Waals surface area (Å²) in [7, 11) is -4.26. The molecule has 0 aliphatic heterocycles. The van der Waals surface area contributed by atoms with Crippen molar-refractivity contribution in [3.8, 4) is 0 Å². The van der Waals surface area contributed by atoms with Gasteiger partial charge in [-0.25, -0.2) is 8.42 Å². The van der Waals surface area contributed by atoms with Gasteiger partial charge in [-0.15, -0.1) is 0 Å². The van der Waals surface area contributed by atoms with Gasteiger partial charge in [0.2, 0.25) is 10.0 Å². The van der Waals surface area contributed by atoms with Gasteiger partial charge in [-0.2, -0.15) is 17.9 Å². The zero-order valence-corrected chi connectivity index (χ0v) is 12.2. The van der Waals surface area contributed by atoms with Crippen molar-refractivity contribution in [1.29, 1.82) is 0 Å². The minimum atomic E-state index is -4.63. The van der Waals surface area contributed by atoms with Gasteiger partial charge in [0.25, 0.3) is 0 Å². The predicted molar refractivity (Wildman–Crippen MR) is 74.5 cm³/mol. The lowest BCUT2D eigenvalue weighted by Crippen LogP contribution is -2.43. The van der Waals surface area contributed by atoms with E-state index in [9.17, 15) is 21.6 Å². The van der Waals surface area contributed by atoms with Crippen LogP contribution in [-0.4, -0.2) is 20.6 Å². The third-order valence-corrected chi connectivity index (χ3v) is 4.81. The van der Waals surface area contributed by atoms with Crippen LogP contribution in [-0.2, 0) is 10.0 Å². The van der Waals surface area contributed by atoms with Gasteiger partial charge in [-0.1, -0.05) is 30.3 Å². The standard InChI is InChI=1S/C14H14F3NO2S/c1-9-7-8-13(12-6-4-3-5-11(9)12)21(19,20)18-10(2)14(15,16)17/h3-8,10,18H,1-2H3/t10-/m0/s1. The Kier molecular flexibility index (Phi) is 3.99. The summed E-state index contributed by atoms with van der Waals surface area (Å²) in [5.41, 5.74) is 0.855. The molecule has 0 aliphatic carbocycles. The summed E-state index contributed by atoms with van der Waals surface area (Å²) in [6.45, 7) is 2.58. The van der Waals surface area contributed by atoms with Gasteiger partial charge in [-0.05, 0) is 30.9 Å². The van der Waals surface area contributed by atoms with Gasteiger partial charge in [0, 0.05) is 5.39 Å². The molecule has 0 saturated heterocycles. The summed E-state index contributed by atoms with van der Waals surface area (Å²) in [6, 6.07) is 7.46. The van der Waals surface area contributed by atoms with E-state index >= 15 is 0 Å². The van der Waals surface area contributed by atoms with Crippen LogP contribution in [0.15, 0.2) is 41.3 Å². The molecule has 2 rings (SSSR count). The number of hydrogen-bond donors (Lipinski definition) is 1. The predicted octanol–water partition coefficient (Wildman–Crippen LogP) is 3.38. The second-order valence-corrected chi connectivity index (χ2v) is 6.49. The van der Waals surface area contributed by atoms with E-state index in [1.54, 1.807) is 35.1 Å². The Balaban J connectivity index is 2.54. The molecule has 0 spiro atoms. The van der Waals surface area contributed by atoms with Gasteiger partial charge in [0.15, 0.2) is 0 Å². The van der Waals surface area contributed by atoms with Gasteiger partial charge < -0.3 is 0 Å². The van der Waals surface area contributed by atoms with E-state index in [1.165, 1.54) is 6.07 Å². The summed E-state index contributed by atoms with van der Waals surface area (Å²) in [6.07, 6.45) is -4.63. The van der Waals surface area contributed by atoms with Crippen LogP contribution in [0.5, 0.6) is 0 Å². The van der Waals surface area contributed by atoms with Crippen molar-refractivity contribution in [2.24, 2.45) is 0 Å². The van der Waals surface area contributed by atoms with Crippen LogP contribution in [0.3, 0.4) is 0 Å². The van der Waals surface area contributed by atoms with E-state index in [4.69, 9.17) is 0 Å². The number of aryl methyl sites for hydroxylation is 1. The topological polar surface area (TPSA) is 46.2 Å². The van der Waals surface area contributed by atoms with Crippen LogP contribution in [0.2, 0.25) is 0 Å². The summed E-state index contributed by atoms with van der Waals surface area (Å²) in [5.74, 6) is 0. The molecule has 0 unspecified atom stereocenters. The minimum Gasteiger partial charge on any atom is -0.207 e. The molecule has 0 radical (unpaired) electrons. The normalized spacial score (nSPS) is 14.3. The molecule has 0 amide bonds. The Labute approximate surface area is 120 Å². The quantitative estimate of drug-likeness (QED) is 0.943. The molecule has 114 valence electrons. The van der Waals surface area contributed by atoms with E-state index in [0.717, 1.165) is 12.5 Å². The number of nitrogens with one attached hydrogen (secondary N) is 1. The van der Waals surface area contributed by atoms with Crippen LogP contribution >= 0.6 is 0 Å². The fourth-order valence-corrected chi connectivity index (χ4v) is 3.46. The van der Waals surface area contributed by atoms with Crippen LogP contribution in [0.1, 0.15) is 12.5 Å². The Bertz CT molecular complexity index is 769. The van der Waals surface area contributed by atoms with E-state index < -0.39 is 22.2 Å². The maximum atomic E-state index is 12.5. The number of benzene rings is 2. The lowest BCUT2D eigenvalue weighted by atomic mass is 10.1. The summed E-state index contributed by atoms with van der Waals surface area (Å²) in [5, 5.41) is 1.10. The first-order valence-corrected chi connectivity index (χ1v) is 7.68. The molecule has 0 bridgehead atoms. The highest BCUT2D eigenvalue weighted by Crippen LogP contribution is 2.27. The molecule has 21 heavy (non-hydrogen) atoms. The van der Waals surface area contributed by atoms with Crippen molar-refractivity contribution < 1.29 is 21.6 Å². The van der Waals surface area contributed by atoms with Gasteiger partial charge in [0.1, 0.15) is 6.04 Å². The molecule has 1 N–H and O–H groups in total. The molecule has 2 aromatic rings. The SMILES string of the molecule is Cc1ccc(S(=O)(=O)N[C@@H](C)C(F)(F)F)c2ccccc12. The van der Waals surface area contributed by atoms with E-state index in [2.05, 4.69) is 0 Å². The maximum Gasteiger partial charge on any atom is 0.404 e. The van der Waals surface area contributed by atoms with Crippen molar-refractivity contribution in [2.45, 2.75) is 31.0 Å². The number of hydrogen-bond acceptors (Lipinski definition) is 2. The molecule has 3 nitrogen and oxygen atoms in total. The van der Waals surface area contributed by atoms with Crippen molar-refractivity contribution in [1.82, 2.24) is 4.72 Å². The highest BCUT2D eigenvalue weighted by molar-refractivity contribution is 7.89. The summed E-state index contributed by atoms with van der Waals surface area (Å²) in [4.78, 5) is -0.153. The van der Waals surface area contributed by atoms with Crippen molar-refractivity contribution >= 4 is 20.8 Å². The monoisotopic (exact) mass is 317 g/mol. The average molecular weight is 317 g/mol. The summed E-state index contributed by atoms with van der Waals surface area (Å²) < 4.78 is 63.7. The zero-order chi connectivity index (χ0) is 15.8. The van der Waals surface area contributed by atoms with Gasteiger partial charge >= 0.3 is 6.18 Å². The lowest BCUT2D eigenvalue weighted by Gasteiger charge is -2.18. The van der Waals surface area contributed by atoms with Crippen LogP contribution in [0, 0.1) is 6.92 Å². The number of alkyl halides is 3. The third-order valence-electron chi connectivity index (χ3n) is 3.21. The highest BCUT2D eigenvalue weighted by atomic mass is 32.2. The largest absolute Gasteiger partial charge is 0.404 e. The first-order valence-electron chi connectivity index (χ1n) is 6.20.